The molecule has 208 valence electrons. The monoisotopic (exact) mass is 550 g/mol. The highest BCUT2D eigenvalue weighted by atomic mass is 19.1. The van der Waals surface area contributed by atoms with Crippen molar-refractivity contribution in [3.8, 4) is 0 Å². The SMILES string of the molecule is Nc1c(C(=O)NCc2ccc(F)cc2F)c(=O)n(O)c2ncc(CCCCCCOC(=O)c3ccccc3)cc12. The number of ether oxygens (including phenoxy) is 1. The van der Waals surface area contributed by atoms with Crippen molar-refractivity contribution in [3.05, 3.63) is 105 Å². The number of nitrogens with two attached hydrogens (primary N) is 1. The molecule has 4 aromatic rings. The molecule has 0 aliphatic rings. The van der Waals surface area contributed by atoms with Crippen LogP contribution in [0.15, 0.2) is 65.6 Å². The summed E-state index contributed by atoms with van der Waals surface area (Å²) in [6.45, 7) is 0.00546. The third-order valence-corrected chi connectivity index (χ3v) is 6.37. The lowest BCUT2D eigenvalue weighted by atomic mass is 10.0. The largest absolute Gasteiger partial charge is 0.462 e. The number of esters is 1. The van der Waals surface area contributed by atoms with Gasteiger partial charge in [-0.25, -0.2) is 18.6 Å². The van der Waals surface area contributed by atoms with Gasteiger partial charge in [0.05, 0.1) is 17.9 Å². The van der Waals surface area contributed by atoms with Crippen molar-refractivity contribution < 1.29 is 28.3 Å². The first kappa shape index (κ1) is 28.2. The van der Waals surface area contributed by atoms with Crippen LogP contribution in [-0.2, 0) is 17.7 Å². The Balaban J connectivity index is 1.35. The summed E-state index contributed by atoms with van der Waals surface area (Å²) in [7, 11) is 0. The molecule has 9 nitrogen and oxygen atoms in total. The van der Waals surface area contributed by atoms with Crippen molar-refractivity contribution >= 4 is 28.6 Å². The van der Waals surface area contributed by atoms with Crippen LogP contribution in [0.3, 0.4) is 0 Å². The second-order valence-electron chi connectivity index (χ2n) is 9.20. The van der Waals surface area contributed by atoms with Gasteiger partial charge < -0.3 is 21.0 Å². The molecule has 0 saturated heterocycles. The van der Waals surface area contributed by atoms with Crippen LogP contribution in [-0.4, -0.2) is 33.4 Å². The number of halogens is 2. The molecule has 4 rings (SSSR count). The van der Waals surface area contributed by atoms with Crippen molar-refractivity contribution in [1.82, 2.24) is 15.0 Å². The first-order valence-electron chi connectivity index (χ1n) is 12.7. The molecule has 0 bridgehead atoms. The van der Waals surface area contributed by atoms with Crippen molar-refractivity contribution in [1.29, 1.82) is 0 Å². The number of aromatic nitrogens is 2. The van der Waals surface area contributed by atoms with E-state index in [0.29, 0.717) is 24.7 Å². The molecule has 0 atom stereocenters. The molecule has 1 amide bonds. The third-order valence-electron chi connectivity index (χ3n) is 6.37. The number of nitrogen functional groups attached to an aromatic ring is 1. The Morgan fingerprint density at radius 3 is 2.52 bits per heavy atom. The van der Waals surface area contributed by atoms with E-state index in [2.05, 4.69) is 10.3 Å². The maximum Gasteiger partial charge on any atom is 0.338 e. The summed E-state index contributed by atoms with van der Waals surface area (Å²) in [6, 6.07) is 13.3. The molecule has 4 N–H and O–H groups in total. The number of nitrogens with zero attached hydrogens (tertiary/aromatic N) is 2. The normalized spacial score (nSPS) is 10.9. The van der Waals surface area contributed by atoms with Crippen molar-refractivity contribution in [3.63, 3.8) is 0 Å². The van der Waals surface area contributed by atoms with Crippen LogP contribution in [0.4, 0.5) is 14.5 Å². The van der Waals surface area contributed by atoms with E-state index in [1.165, 1.54) is 12.3 Å². The van der Waals surface area contributed by atoms with Gasteiger partial charge in [0.1, 0.15) is 17.2 Å². The van der Waals surface area contributed by atoms with Gasteiger partial charge in [0.2, 0.25) is 0 Å². The maximum atomic E-state index is 13.9. The lowest BCUT2D eigenvalue weighted by Gasteiger charge is -2.12. The van der Waals surface area contributed by atoms with Crippen LogP contribution in [0, 0.1) is 11.6 Å². The molecule has 0 radical (unpaired) electrons. The summed E-state index contributed by atoms with van der Waals surface area (Å²) in [5.41, 5.74) is 5.61. The zero-order valence-corrected chi connectivity index (χ0v) is 21.5. The van der Waals surface area contributed by atoms with E-state index in [0.717, 1.165) is 37.3 Å². The lowest BCUT2D eigenvalue weighted by Crippen LogP contribution is -2.34. The number of pyridine rings is 2. The van der Waals surface area contributed by atoms with Crippen molar-refractivity contribution in [2.24, 2.45) is 0 Å². The second kappa shape index (κ2) is 12.8. The molecule has 0 unspecified atom stereocenters. The summed E-state index contributed by atoms with van der Waals surface area (Å²) < 4.78 is 32.6. The number of amides is 1. The number of hydrogen-bond acceptors (Lipinski definition) is 7. The van der Waals surface area contributed by atoms with E-state index in [4.69, 9.17) is 10.5 Å². The molecular formula is C29H28F2N4O5. The number of benzene rings is 2. The number of nitrogens with one attached hydrogen (secondary N) is 1. The van der Waals surface area contributed by atoms with Gasteiger partial charge in [-0.1, -0.05) is 37.1 Å². The fraction of sp³-hybridized carbons (Fsp3) is 0.241. The fourth-order valence-electron chi connectivity index (χ4n) is 4.21. The average Bonchev–Trinajstić information content (AvgIpc) is 2.95. The highest BCUT2D eigenvalue weighted by molar-refractivity contribution is 6.05. The van der Waals surface area contributed by atoms with Gasteiger partial charge in [-0.05, 0) is 49.1 Å². The summed E-state index contributed by atoms with van der Waals surface area (Å²) in [4.78, 5) is 41.5. The smallest absolute Gasteiger partial charge is 0.338 e. The average molecular weight is 551 g/mol. The lowest BCUT2D eigenvalue weighted by molar-refractivity contribution is 0.0497. The van der Waals surface area contributed by atoms with Crippen LogP contribution in [0.1, 0.15) is 57.5 Å². The molecule has 11 heteroatoms. The molecule has 2 aromatic carbocycles. The number of unbranched alkanes of at least 4 members (excludes halogenated alkanes) is 3. The fourth-order valence-corrected chi connectivity index (χ4v) is 4.21. The molecule has 2 heterocycles. The molecule has 0 spiro atoms. The Labute approximate surface area is 228 Å². The first-order valence-corrected chi connectivity index (χ1v) is 12.7. The predicted octanol–water partition coefficient (Wildman–Crippen LogP) is 4.38. The van der Waals surface area contributed by atoms with Crippen molar-refractivity contribution in [2.45, 2.75) is 38.6 Å². The third kappa shape index (κ3) is 6.60. The molecule has 0 aliphatic carbocycles. The number of carbonyl (C=O) groups excluding carboxylic acids is 2. The molecule has 2 aromatic heterocycles. The van der Waals surface area contributed by atoms with E-state index in [-0.39, 0.29) is 39.5 Å². The van der Waals surface area contributed by atoms with Gasteiger partial charge in [-0.15, -0.1) is 4.73 Å². The van der Waals surface area contributed by atoms with E-state index < -0.39 is 28.7 Å². The van der Waals surface area contributed by atoms with Crippen LogP contribution in [0.5, 0.6) is 0 Å². The Morgan fingerprint density at radius 1 is 1.02 bits per heavy atom. The minimum absolute atomic E-state index is 0.0109. The minimum atomic E-state index is -1.07. The number of carbonyl (C=O) groups is 2. The highest BCUT2D eigenvalue weighted by Crippen LogP contribution is 2.23. The zero-order chi connectivity index (χ0) is 28.6. The minimum Gasteiger partial charge on any atom is -0.462 e. The van der Waals surface area contributed by atoms with E-state index >= 15 is 0 Å². The predicted molar refractivity (Wildman–Crippen MR) is 144 cm³/mol. The van der Waals surface area contributed by atoms with Gasteiger partial charge in [-0.2, -0.15) is 0 Å². The van der Waals surface area contributed by atoms with Gasteiger partial charge >= 0.3 is 5.97 Å². The van der Waals surface area contributed by atoms with Crippen LogP contribution < -0.4 is 16.6 Å². The Hall–Kier alpha value is -4.80. The van der Waals surface area contributed by atoms with Gasteiger partial charge in [-0.3, -0.25) is 9.59 Å². The number of aryl methyl sites for hydroxylation is 1. The molecule has 0 saturated carbocycles. The first-order chi connectivity index (χ1) is 19.3. The molecule has 0 aliphatic heterocycles. The molecule has 0 fully saturated rings. The standard InChI is InChI=1S/C29H28F2N4O5/c30-21-12-11-20(23(31)15-21)17-34-27(36)24-25(32)22-14-18(16-33-26(22)35(39)28(24)37)8-4-1-2-7-13-40-29(38)19-9-5-3-6-10-19/h3,5-6,9-12,14-16,39H,1-2,4,7-8,13,17,32H2,(H,34,36). The number of anilines is 1. The number of fused-ring (bicyclic) bond motifs is 1. The summed E-state index contributed by atoms with van der Waals surface area (Å²) in [5.74, 6) is -2.89. The Kier molecular flexibility index (Phi) is 9.05. The zero-order valence-electron chi connectivity index (χ0n) is 21.5. The highest BCUT2D eigenvalue weighted by Gasteiger charge is 2.22. The quantitative estimate of drug-likeness (QED) is 0.143. The molecular weight excluding hydrogens is 522 g/mol. The van der Waals surface area contributed by atoms with E-state index in [1.807, 2.05) is 6.07 Å². The van der Waals surface area contributed by atoms with E-state index in [1.54, 1.807) is 30.3 Å². The number of rotatable bonds is 11. The number of hydrogen-bond donors (Lipinski definition) is 3. The van der Waals surface area contributed by atoms with Gasteiger partial charge in [0.25, 0.3) is 11.5 Å². The molecule has 40 heavy (non-hydrogen) atoms. The van der Waals surface area contributed by atoms with E-state index in [9.17, 15) is 28.4 Å². The topological polar surface area (TPSA) is 137 Å². The van der Waals surface area contributed by atoms with Gasteiger partial charge in [0.15, 0.2) is 5.65 Å². The van der Waals surface area contributed by atoms with Crippen molar-refractivity contribution in [2.75, 3.05) is 12.3 Å². The summed E-state index contributed by atoms with van der Waals surface area (Å²) in [6.07, 6.45) is 5.38. The summed E-state index contributed by atoms with van der Waals surface area (Å²) in [5, 5.41) is 12.9. The maximum absolute atomic E-state index is 13.9. The van der Waals surface area contributed by atoms with Crippen LogP contribution in [0.2, 0.25) is 0 Å². The van der Waals surface area contributed by atoms with Crippen LogP contribution in [0.25, 0.3) is 11.0 Å². The van der Waals surface area contributed by atoms with Gasteiger partial charge in [0, 0.05) is 29.8 Å². The summed E-state index contributed by atoms with van der Waals surface area (Å²) >= 11 is 0. The second-order valence-corrected chi connectivity index (χ2v) is 9.20. The van der Waals surface area contributed by atoms with Crippen LogP contribution >= 0.6 is 0 Å². The Bertz CT molecular complexity index is 1590. The Morgan fingerprint density at radius 2 is 1.77 bits per heavy atom.